The molecule has 2 rings (SSSR count). The van der Waals surface area contributed by atoms with Crippen LogP contribution in [0.25, 0.3) is 0 Å². The summed E-state index contributed by atoms with van der Waals surface area (Å²) in [5, 5.41) is 8.32. The number of carbonyl (C=O) groups is 1. The SMILES string of the molecule is COc1ccc(Cc2nnc(S[C@@H](C(=O)N(C)C)C(C)C)o2)cc1. The maximum absolute atomic E-state index is 12.3. The van der Waals surface area contributed by atoms with Crippen LogP contribution in [-0.2, 0) is 11.2 Å². The van der Waals surface area contributed by atoms with E-state index >= 15 is 0 Å². The number of amides is 1. The molecule has 1 heterocycles. The number of hydrogen-bond donors (Lipinski definition) is 0. The van der Waals surface area contributed by atoms with E-state index in [4.69, 9.17) is 9.15 Å². The Kier molecular flexibility index (Phi) is 6.25. The highest BCUT2D eigenvalue weighted by Gasteiger charge is 2.27. The van der Waals surface area contributed by atoms with Crippen LogP contribution in [0.5, 0.6) is 5.75 Å². The zero-order chi connectivity index (χ0) is 17.7. The second-order valence-corrected chi connectivity index (χ2v) is 7.09. The van der Waals surface area contributed by atoms with Crippen molar-refractivity contribution in [3.8, 4) is 5.75 Å². The molecular formula is C17H23N3O3S. The van der Waals surface area contributed by atoms with Gasteiger partial charge >= 0.3 is 0 Å². The average molecular weight is 349 g/mol. The molecule has 0 saturated heterocycles. The predicted octanol–water partition coefficient (Wildman–Crippen LogP) is 2.87. The van der Waals surface area contributed by atoms with Gasteiger partial charge in [-0.15, -0.1) is 10.2 Å². The van der Waals surface area contributed by atoms with Crippen molar-refractivity contribution >= 4 is 17.7 Å². The monoisotopic (exact) mass is 349 g/mol. The Balaban J connectivity index is 2.04. The van der Waals surface area contributed by atoms with Gasteiger partial charge in [-0.2, -0.15) is 0 Å². The molecule has 0 saturated carbocycles. The molecule has 0 aliphatic heterocycles. The van der Waals surface area contributed by atoms with Gasteiger partial charge in [0.2, 0.25) is 11.8 Å². The summed E-state index contributed by atoms with van der Waals surface area (Å²) in [5.41, 5.74) is 1.06. The summed E-state index contributed by atoms with van der Waals surface area (Å²) in [5.74, 6) is 1.55. The Bertz CT molecular complexity index is 668. The number of nitrogens with zero attached hydrogens (tertiary/aromatic N) is 3. The number of rotatable bonds is 7. The van der Waals surface area contributed by atoms with Crippen LogP contribution in [0.2, 0.25) is 0 Å². The standard InChI is InChI=1S/C17H23N3O3S/c1-11(2)15(16(21)20(3)4)24-17-19-18-14(23-17)10-12-6-8-13(22-5)9-7-12/h6-9,11,15H,10H2,1-5H3/t15-/m1/s1. The number of thioether (sulfide) groups is 1. The van der Waals surface area contributed by atoms with Crippen molar-refractivity contribution in [2.45, 2.75) is 30.7 Å². The number of aromatic nitrogens is 2. The molecular weight excluding hydrogens is 326 g/mol. The summed E-state index contributed by atoms with van der Waals surface area (Å²) in [6, 6.07) is 7.71. The number of methoxy groups -OCH3 is 1. The Morgan fingerprint density at radius 1 is 1.25 bits per heavy atom. The molecule has 0 aliphatic rings. The first-order valence-corrected chi connectivity index (χ1v) is 8.61. The van der Waals surface area contributed by atoms with Crippen LogP contribution in [0, 0.1) is 5.92 Å². The van der Waals surface area contributed by atoms with Gasteiger partial charge in [-0.25, -0.2) is 0 Å². The lowest BCUT2D eigenvalue weighted by atomic mass is 10.1. The molecule has 0 spiro atoms. The highest BCUT2D eigenvalue weighted by Crippen LogP contribution is 2.28. The minimum atomic E-state index is -0.241. The molecule has 1 aromatic heterocycles. The third-order valence-corrected chi connectivity index (χ3v) is 4.85. The van der Waals surface area contributed by atoms with E-state index in [2.05, 4.69) is 10.2 Å². The topological polar surface area (TPSA) is 68.5 Å². The Labute approximate surface area is 146 Å². The van der Waals surface area contributed by atoms with Crippen LogP contribution in [0.4, 0.5) is 0 Å². The van der Waals surface area contributed by atoms with Crippen LogP contribution in [0.1, 0.15) is 25.3 Å². The van der Waals surface area contributed by atoms with Gasteiger partial charge in [-0.05, 0) is 23.6 Å². The highest BCUT2D eigenvalue weighted by atomic mass is 32.2. The summed E-state index contributed by atoms with van der Waals surface area (Å²) in [6.45, 7) is 4.02. The van der Waals surface area contributed by atoms with Gasteiger partial charge in [0.25, 0.3) is 5.22 Å². The Morgan fingerprint density at radius 2 is 1.92 bits per heavy atom. The fourth-order valence-corrected chi connectivity index (χ4v) is 3.14. The van der Waals surface area contributed by atoms with Crippen LogP contribution < -0.4 is 4.74 Å². The first-order valence-electron chi connectivity index (χ1n) is 7.74. The van der Waals surface area contributed by atoms with E-state index in [1.54, 1.807) is 26.1 Å². The predicted molar refractivity (Wildman–Crippen MR) is 93.3 cm³/mol. The summed E-state index contributed by atoms with van der Waals surface area (Å²) in [7, 11) is 5.14. The smallest absolute Gasteiger partial charge is 0.277 e. The Hall–Kier alpha value is -2.02. The third-order valence-electron chi connectivity index (χ3n) is 3.48. The first-order chi connectivity index (χ1) is 11.4. The van der Waals surface area contributed by atoms with Crippen molar-refractivity contribution in [2.75, 3.05) is 21.2 Å². The number of ether oxygens (including phenoxy) is 1. The van der Waals surface area contributed by atoms with E-state index in [9.17, 15) is 4.79 Å². The van der Waals surface area contributed by atoms with Crippen molar-refractivity contribution in [3.63, 3.8) is 0 Å². The van der Waals surface area contributed by atoms with Gasteiger partial charge in [0, 0.05) is 14.1 Å². The van der Waals surface area contributed by atoms with Crippen molar-refractivity contribution in [1.29, 1.82) is 0 Å². The van der Waals surface area contributed by atoms with E-state index in [-0.39, 0.29) is 17.1 Å². The van der Waals surface area contributed by atoms with Crippen molar-refractivity contribution in [1.82, 2.24) is 15.1 Å². The van der Waals surface area contributed by atoms with E-state index in [0.717, 1.165) is 11.3 Å². The van der Waals surface area contributed by atoms with Gasteiger partial charge in [0.1, 0.15) is 5.75 Å². The fraction of sp³-hybridized carbons (Fsp3) is 0.471. The largest absolute Gasteiger partial charge is 0.497 e. The molecule has 0 radical (unpaired) electrons. The summed E-state index contributed by atoms with van der Waals surface area (Å²) >= 11 is 1.32. The van der Waals surface area contributed by atoms with E-state index in [0.29, 0.717) is 17.5 Å². The Morgan fingerprint density at radius 3 is 2.46 bits per heavy atom. The van der Waals surface area contributed by atoms with Crippen LogP contribution in [0.3, 0.4) is 0 Å². The maximum atomic E-state index is 12.3. The van der Waals surface area contributed by atoms with E-state index in [1.807, 2.05) is 38.1 Å². The van der Waals surface area contributed by atoms with Crippen LogP contribution >= 0.6 is 11.8 Å². The molecule has 7 heteroatoms. The number of benzene rings is 1. The van der Waals surface area contributed by atoms with Crippen LogP contribution in [0.15, 0.2) is 33.9 Å². The number of hydrogen-bond acceptors (Lipinski definition) is 6. The zero-order valence-electron chi connectivity index (χ0n) is 14.6. The molecule has 6 nitrogen and oxygen atoms in total. The van der Waals surface area contributed by atoms with E-state index in [1.165, 1.54) is 11.8 Å². The van der Waals surface area contributed by atoms with Crippen molar-refractivity contribution in [2.24, 2.45) is 5.92 Å². The molecule has 24 heavy (non-hydrogen) atoms. The highest BCUT2D eigenvalue weighted by molar-refractivity contribution is 8.00. The molecule has 0 aliphatic carbocycles. The quantitative estimate of drug-likeness (QED) is 0.716. The maximum Gasteiger partial charge on any atom is 0.277 e. The molecule has 1 atom stereocenters. The normalized spacial score (nSPS) is 12.2. The molecule has 0 fully saturated rings. The van der Waals surface area contributed by atoms with Gasteiger partial charge in [-0.1, -0.05) is 37.7 Å². The van der Waals surface area contributed by atoms with Gasteiger partial charge in [0.05, 0.1) is 18.8 Å². The molecule has 130 valence electrons. The molecule has 0 unspecified atom stereocenters. The van der Waals surface area contributed by atoms with Crippen LogP contribution in [-0.4, -0.2) is 47.5 Å². The minimum absolute atomic E-state index is 0.0462. The van der Waals surface area contributed by atoms with Crippen molar-refractivity contribution in [3.05, 3.63) is 35.7 Å². The summed E-state index contributed by atoms with van der Waals surface area (Å²) in [6.07, 6.45) is 0.547. The van der Waals surface area contributed by atoms with Gasteiger partial charge < -0.3 is 14.1 Å². The average Bonchev–Trinajstić information content (AvgIpc) is 2.99. The first kappa shape index (κ1) is 18.3. The second-order valence-electron chi connectivity index (χ2n) is 6.00. The van der Waals surface area contributed by atoms with E-state index < -0.39 is 0 Å². The van der Waals surface area contributed by atoms with Gasteiger partial charge in [0.15, 0.2) is 0 Å². The minimum Gasteiger partial charge on any atom is -0.497 e. The summed E-state index contributed by atoms with van der Waals surface area (Å²) < 4.78 is 10.8. The molecule has 0 bridgehead atoms. The fourth-order valence-electron chi connectivity index (χ4n) is 2.11. The lowest BCUT2D eigenvalue weighted by Gasteiger charge is -2.21. The second kappa shape index (κ2) is 8.19. The number of carbonyl (C=O) groups excluding carboxylic acids is 1. The molecule has 2 aromatic rings. The van der Waals surface area contributed by atoms with Gasteiger partial charge in [-0.3, -0.25) is 4.79 Å². The molecule has 1 aromatic carbocycles. The lowest BCUT2D eigenvalue weighted by molar-refractivity contribution is -0.128. The third kappa shape index (κ3) is 4.74. The summed E-state index contributed by atoms with van der Waals surface area (Å²) in [4.78, 5) is 13.8. The van der Waals surface area contributed by atoms with Crippen molar-refractivity contribution < 1.29 is 13.9 Å². The molecule has 1 amide bonds. The lowest BCUT2D eigenvalue weighted by Crippen LogP contribution is -2.34. The molecule has 0 N–H and O–H groups in total. The zero-order valence-corrected chi connectivity index (χ0v) is 15.5.